The minimum Gasteiger partial charge on any atom is -0.456 e. The quantitative estimate of drug-likeness (QED) is 0.280. The molecule has 22 heavy (non-hydrogen) atoms. The molecule has 1 aromatic carbocycles. The standard InChI is InChI=1S/C14H11ClN4O3/c15-9-6-10-11(17-18-16)13(20)19(10)12(9)14(21)22-7-8-4-2-1-3-5-8/h1-5,10-11H,6-7H2. The third-order valence-electron chi connectivity index (χ3n) is 3.65. The van der Waals surface area contributed by atoms with Crippen molar-refractivity contribution in [3.8, 4) is 0 Å². The van der Waals surface area contributed by atoms with E-state index < -0.39 is 17.9 Å². The Balaban J connectivity index is 1.69. The minimum absolute atomic E-state index is 0.0528. The van der Waals surface area contributed by atoms with Crippen LogP contribution in [0.1, 0.15) is 12.0 Å². The highest BCUT2D eigenvalue weighted by Gasteiger charge is 2.55. The van der Waals surface area contributed by atoms with Crippen LogP contribution in [0.2, 0.25) is 0 Å². The Morgan fingerprint density at radius 3 is 2.86 bits per heavy atom. The van der Waals surface area contributed by atoms with Gasteiger partial charge in [-0.15, -0.1) is 0 Å². The van der Waals surface area contributed by atoms with E-state index in [0.29, 0.717) is 6.42 Å². The summed E-state index contributed by atoms with van der Waals surface area (Å²) in [5, 5.41) is 3.68. The average molecular weight is 319 g/mol. The molecule has 7 nitrogen and oxygen atoms in total. The highest BCUT2D eigenvalue weighted by Crippen LogP contribution is 2.42. The van der Waals surface area contributed by atoms with Crippen LogP contribution in [0.3, 0.4) is 0 Å². The summed E-state index contributed by atoms with van der Waals surface area (Å²) < 4.78 is 5.20. The predicted octanol–water partition coefficient (Wildman–Crippen LogP) is 2.47. The summed E-state index contributed by atoms with van der Waals surface area (Å²) in [4.78, 5) is 28.0. The van der Waals surface area contributed by atoms with Crippen molar-refractivity contribution in [1.29, 1.82) is 0 Å². The molecule has 2 atom stereocenters. The van der Waals surface area contributed by atoms with Crippen molar-refractivity contribution in [2.45, 2.75) is 25.1 Å². The van der Waals surface area contributed by atoms with Crippen molar-refractivity contribution in [1.82, 2.24) is 4.90 Å². The number of benzene rings is 1. The van der Waals surface area contributed by atoms with E-state index in [2.05, 4.69) is 10.0 Å². The van der Waals surface area contributed by atoms with E-state index >= 15 is 0 Å². The molecule has 0 bridgehead atoms. The van der Waals surface area contributed by atoms with Gasteiger partial charge >= 0.3 is 5.97 Å². The monoisotopic (exact) mass is 318 g/mol. The number of carbonyl (C=O) groups is 2. The molecular formula is C14H11ClN4O3. The second-order valence-corrected chi connectivity index (χ2v) is 5.40. The Morgan fingerprint density at radius 2 is 2.18 bits per heavy atom. The first-order valence-electron chi connectivity index (χ1n) is 6.60. The summed E-state index contributed by atoms with van der Waals surface area (Å²) in [7, 11) is 0. The largest absolute Gasteiger partial charge is 0.456 e. The molecule has 1 amide bonds. The first-order chi connectivity index (χ1) is 10.6. The molecule has 112 valence electrons. The van der Waals surface area contributed by atoms with Crippen molar-refractivity contribution in [2.75, 3.05) is 0 Å². The van der Waals surface area contributed by atoms with Crippen LogP contribution in [-0.2, 0) is 20.9 Å². The molecule has 1 saturated heterocycles. The Labute approximate surface area is 130 Å². The van der Waals surface area contributed by atoms with Gasteiger partial charge in [0.25, 0.3) is 0 Å². The molecular weight excluding hydrogens is 308 g/mol. The fraction of sp³-hybridized carbons (Fsp3) is 0.286. The van der Waals surface area contributed by atoms with Gasteiger partial charge in [0.1, 0.15) is 18.3 Å². The summed E-state index contributed by atoms with van der Waals surface area (Å²) >= 11 is 6.07. The summed E-state index contributed by atoms with van der Waals surface area (Å²) in [5.74, 6) is -1.07. The van der Waals surface area contributed by atoms with E-state index in [4.69, 9.17) is 21.9 Å². The third kappa shape index (κ3) is 2.30. The zero-order valence-corrected chi connectivity index (χ0v) is 12.1. The highest BCUT2D eigenvalue weighted by atomic mass is 35.5. The maximum atomic E-state index is 12.2. The maximum absolute atomic E-state index is 12.2. The number of rotatable bonds is 4. The molecule has 1 fully saturated rings. The number of hydrogen-bond acceptors (Lipinski definition) is 4. The number of esters is 1. The normalized spacial score (nSPS) is 22.8. The summed E-state index contributed by atoms with van der Waals surface area (Å²) in [6, 6.07) is 8.02. The van der Waals surface area contributed by atoms with Gasteiger partial charge in [-0.3, -0.25) is 4.79 Å². The van der Waals surface area contributed by atoms with Gasteiger partial charge in [-0.25, -0.2) is 4.79 Å². The summed E-state index contributed by atoms with van der Waals surface area (Å²) in [6.45, 7) is 0.0970. The number of halogens is 1. The van der Waals surface area contributed by atoms with E-state index in [9.17, 15) is 9.59 Å². The van der Waals surface area contributed by atoms with Gasteiger partial charge in [-0.05, 0) is 11.1 Å². The molecule has 0 aliphatic carbocycles. The van der Waals surface area contributed by atoms with Crippen molar-refractivity contribution >= 4 is 23.5 Å². The summed E-state index contributed by atoms with van der Waals surface area (Å²) in [5.41, 5.74) is 9.33. The second kappa shape index (κ2) is 5.71. The van der Waals surface area contributed by atoms with Crippen LogP contribution in [0, 0.1) is 0 Å². The van der Waals surface area contributed by atoms with Crippen LogP contribution in [0.5, 0.6) is 0 Å². The number of β-lactam (4-membered cyclic amide) rings is 1. The fourth-order valence-electron chi connectivity index (χ4n) is 2.60. The number of carbonyl (C=O) groups excluding carboxylic acids is 2. The SMILES string of the molecule is [N-]=[N+]=NC1C(=O)N2C(C(=O)OCc3ccccc3)=C(Cl)CC12. The lowest BCUT2D eigenvalue weighted by Gasteiger charge is -2.40. The van der Waals surface area contributed by atoms with Crippen LogP contribution < -0.4 is 0 Å². The molecule has 0 radical (unpaired) electrons. The van der Waals surface area contributed by atoms with E-state index in [1.54, 1.807) is 0 Å². The molecule has 3 rings (SSSR count). The number of nitrogens with zero attached hydrogens (tertiary/aromatic N) is 4. The van der Waals surface area contributed by atoms with Crippen LogP contribution in [0.15, 0.2) is 46.2 Å². The lowest BCUT2D eigenvalue weighted by molar-refractivity contribution is -0.152. The van der Waals surface area contributed by atoms with Crippen LogP contribution in [0.25, 0.3) is 10.4 Å². The fourth-order valence-corrected chi connectivity index (χ4v) is 2.93. The zero-order valence-electron chi connectivity index (χ0n) is 11.3. The number of azide groups is 1. The van der Waals surface area contributed by atoms with Crippen LogP contribution in [-0.4, -0.2) is 28.9 Å². The highest BCUT2D eigenvalue weighted by molar-refractivity contribution is 6.32. The van der Waals surface area contributed by atoms with Gasteiger partial charge in [0, 0.05) is 11.3 Å². The van der Waals surface area contributed by atoms with E-state index in [-0.39, 0.29) is 23.4 Å². The first kappa shape index (κ1) is 14.4. The molecule has 0 spiro atoms. The van der Waals surface area contributed by atoms with Gasteiger partial charge in [0.05, 0.1) is 11.1 Å². The van der Waals surface area contributed by atoms with Gasteiger partial charge in [-0.1, -0.05) is 47.0 Å². The smallest absolute Gasteiger partial charge is 0.356 e. The predicted molar refractivity (Wildman–Crippen MR) is 77.3 cm³/mol. The van der Waals surface area contributed by atoms with Crippen molar-refractivity contribution in [2.24, 2.45) is 5.11 Å². The van der Waals surface area contributed by atoms with Crippen molar-refractivity contribution in [3.63, 3.8) is 0 Å². The Kier molecular flexibility index (Phi) is 3.75. The Bertz CT molecular complexity index is 712. The second-order valence-electron chi connectivity index (χ2n) is 4.94. The van der Waals surface area contributed by atoms with Crippen LogP contribution in [0.4, 0.5) is 0 Å². The topological polar surface area (TPSA) is 95.4 Å². The molecule has 2 aliphatic heterocycles. The number of fused-ring (bicyclic) bond motifs is 1. The van der Waals surface area contributed by atoms with E-state index in [0.717, 1.165) is 5.56 Å². The molecule has 2 heterocycles. The van der Waals surface area contributed by atoms with Crippen LogP contribution >= 0.6 is 11.6 Å². The van der Waals surface area contributed by atoms with Gasteiger partial charge in [0.15, 0.2) is 0 Å². The average Bonchev–Trinajstić information content (AvgIpc) is 2.85. The first-order valence-corrected chi connectivity index (χ1v) is 6.98. The number of hydrogen-bond donors (Lipinski definition) is 0. The van der Waals surface area contributed by atoms with Gasteiger partial charge in [0.2, 0.25) is 5.91 Å². The molecule has 0 N–H and O–H groups in total. The summed E-state index contributed by atoms with van der Waals surface area (Å²) in [6.07, 6.45) is 0.298. The Morgan fingerprint density at radius 1 is 1.45 bits per heavy atom. The molecule has 0 saturated carbocycles. The molecule has 0 aromatic heterocycles. The van der Waals surface area contributed by atoms with E-state index in [1.165, 1.54) is 4.90 Å². The zero-order chi connectivity index (χ0) is 15.7. The molecule has 8 heteroatoms. The number of amides is 1. The minimum atomic E-state index is -0.793. The lowest BCUT2D eigenvalue weighted by atomic mass is 9.96. The lowest BCUT2D eigenvalue weighted by Crippen LogP contribution is -2.61. The Hall–Kier alpha value is -2.50. The molecule has 2 unspecified atom stereocenters. The van der Waals surface area contributed by atoms with Gasteiger partial charge in [-0.2, -0.15) is 0 Å². The number of ether oxygens (including phenoxy) is 1. The molecule has 2 aliphatic rings. The van der Waals surface area contributed by atoms with Crippen molar-refractivity contribution in [3.05, 3.63) is 57.1 Å². The molecule has 1 aromatic rings. The van der Waals surface area contributed by atoms with E-state index in [1.807, 2.05) is 30.3 Å². The van der Waals surface area contributed by atoms with Crippen molar-refractivity contribution < 1.29 is 14.3 Å². The van der Waals surface area contributed by atoms with Gasteiger partial charge < -0.3 is 9.64 Å². The third-order valence-corrected chi connectivity index (χ3v) is 3.99. The maximum Gasteiger partial charge on any atom is 0.356 e.